The van der Waals surface area contributed by atoms with E-state index in [2.05, 4.69) is 16.6 Å². The molecule has 0 radical (unpaired) electrons. The van der Waals surface area contributed by atoms with E-state index in [1.54, 1.807) is 6.92 Å². The van der Waals surface area contributed by atoms with E-state index in [0.29, 0.717) is 6.08 Å². The third-order valence-electron chi connectivity index (χ3n) is 1.41. The predicted molar refractivity (Wildman–Crippen MR) is 55.5 cm³/mol. The summed E-state index contributed by atoms with van der Waals surface area (Å²) in [5, 5.41) is 10.7. The van der Waals surface area contributed by atoms with Gasteiger partial charge in [0.25, 0.3) is 0 Å². The first-order valence-electron chi connectivity index (χ1n) is 4.46. The van der Waals surface area contributed by atoms with Crippen molar-refractivity contribution in [1.29, 1.82) is 0 Å². The molecule has 16 heavy (non-hydrogen) atoms. The van der Waals surface area contributed by atoms with Gasteiger partial charge in [-0.05, 0) is 13.0 Å². The van der Waals surface area contributed by atoms with Crippen LogP contribution in [0.15, 0.2) is 24.8 Å². The number of amides is 1. The Morgan fingerprint density at radius 2 is 2.06 bits per heavy atom. The van der Waals surface area contributed by atoms with Gasteiger partial charge in [0, 0.05) is 12.2 Å². The van der Waals surface area contributed by atoms with Crippen LogP contribution in [0.1, 0.15) is 6.92 Å². The smallest absolute Gasteiger partial charge is 0.331 e. The van der Waals surface area contributed by atoms with Crippen molar-refractivity contribution in [2.75, 3.05) is 6.61 Å². The number of hydrogen-bond donors (Lipinski definition) is 2. The van der Waals surface area contributed by atoms with E-state index in [9.17, 15) is 14.4 Å². The summed E-state index contributed by atoms with van der Waals surface area (Å²) in [5.74, 6) is -2.38. The van der Waals surface area contributed by atoms with Gasteiger partial charge in [0.05, 0.1) is 6.04 Å². The van der Waals surface area contributed by atoms with Crippen LogP contribution in [0.3, 0.4) is 0 Å². The second-order valence-corrected chi connectivity index (χ2v) is 2.92. The fourth-order valence-corrected chi connectivity index (χ4v) is 0.738. The van der Waals surface area contributed by atoms with Crippen LogP contribution in [0, 0.1) is 0 Å². The maximum Gasteiger partial charge on any atom is 0.331 e. The summed E-state index contributed by atoms with van der Waals surface area (Å²) in [6, 6.07) is -0.368. The molecule has 0 fully saturated rings. The molecule has 88 valence electrons. The van der Waals surface area contributed by atoms with Crippen LogP contribution in [0.2, 0.25) is 0 Å². The quantitative estimate of drug-likeness (QED) is 0.486. The Hall–Kier alpha value is -2.11. The Kier molecular flexibility index (Phi) is 6.27. The predicted octanol–water partition coefficient (Wildman–Crippen LogP) is -0.139. The lowest BCUT2D eigenvalue weighted by Crippen LogP contribution is -2.35. The Labute approximate surface area is 92.6 Å². The van der Waals surface area contributed by atoms with Crippen LogP contribution in [0.5, 0.6) is 0 Å². The minimum Gasteiger partial charge on any atom is -0.478 e. The molecule has 0 aliphatic carbocycles. The van der Waals surface area contributed by atoms with Crippen molar-refractivity contribution in [2.24, 2.45) is 0 Å². The van der Waals surface area contributed by atoms with E-state index in [-0.39, 0.29) is 18.6 Å². The van der Waals surface area contributed by atoms with Crippen molar-refractivity contribution in [3.05, 3.63) is 24.8 Å². The number of ether oxygens (including phenoxy) is 1. The number of carboxylic acid groups (broad SMARTS) is 1. The Balaban J connectivity index is 3.87. The highest BCUT2D eigenvalue weighted by Gasteiger charge is 2.06. The average Bonchev–Trinajstić information content (AvgIpc) is 2.23. The molecule has 0 rings (SSSR count). The number of carboxylic acids is 1. The highest BCUT2D eigenvalue weighted by Crippen LogP contribution is 1.88. The third kappa shape index (κ3) is 7.31. The monoisotopic (exact) mass is 227 g/mol. The van der Waals surface area contributed by atoms with Crippen LogP contribution in [0.25, 0.3) is 0 Å². The molecule has 1 unspecified atom stereocenters. The van der Waals surface area contributed by atoms with Crippen LogP contribution in [-0.2, 0) is 19.1 Å². The molecule has 0 saturated heterocycles. The highest BCUT2D eigenvalue weighted by molar-refractivity contribution is 5.90. The number of hydrogen-bond acceptors (Lipinski definition) is 4. The number of carbonyl (C=O) groups is 3. The molecule has 0 aromatic carbocycles. The third-order valence-corrected chi connectivity index (χ3v) is 1.41. The van der Waals surface area contributed by atoms with E-state index in [4.69, 9.17) is 5.11 Å². The van der Waals surface area contributed by atoms with E-state index in [0.717, 1.165) is 12.2 Å². The first-order chi connectivity index (χ1) is 7.45. The zero-order chi connectivity index (χ0) is 12.6. The summed E-state index contributed by atoms with van der Waals surface area (Å²) in [5.41, 5.74) is 0. The minimum atomic E-state index is -1.23. The molecule has 2 N–H and O–H groups in total. The van der Waals surface area contributed by atoms with E-state index >= 15 is 0 Å². The molecule has 6 nitrogen and oxygen atoms in total. The summed E-state index contributed by atoms with van der Waals surface area (Å²) >= 11 is 0. The van der Waals surface area contributed by atoms with Crippen molar-refractivity contribution in [2.45, 2.75) is 13.0 Å². The van der Waals surface area contributed by atoms with E-state index < -0.39 is 11.9 Å². The van der Waals surface area contributed by atoms with Gasteiger partial charge in [0.1, 0.15) is 6.61 Å². The number of esters is 1. The molecule has 0 aliphatic heterocycles. The number of rotatable bonds is 6. The summed E-state index contributed by atoms with van der Waals surface area (Å²) < 4.78 is 4.66. The molecule has 1 amide bonds. The number of carbonyl (C=O) groups excluding carboxylic acids is 2. The number of aliphatic carboxylic acids is 1. The fourth-order valence-electron chi connectivity index (χ4n) is 0.738. The van der Waals surface area contributed by atoms with Gasteiger partial charge in [0.2, 0.25) is 5.91 Å². The van der Waals surface area contributed by atoms with Crippen LogP contribution in [0.4, 0.5) is 0 Å². The molecule has 0 aliphatic rings. The standard InChI is InChI=1S/C10H13NO5/c1-3-8(12)11-7(2)6-16-10(15)5-4-9(13)14/h3-5,7H,1,6H2,2H3,(H,11,12)(H,13,14)/b5-4-. The van der Waals surface area contributed by atoms with E-state index in [1.807, 2.05) is 0 Å². The van der Waals surface area contributed by atoms with Gasteiger partial charge in [0.15, 0.2) is 0 Å². The van der Waals surface area contributed by atoms with Gasteiger partial charge in [-0.15, -0.1) is 0 Å². The molecule has 0 bridgehead atoms. The van der Waals surface area contributed by atoms with Gasteiger partial charge >= 0.3 is 11.9 Å². The Morgan fingerprint density at radius 3 is 2.56 bits per heavy atom. The van der Waals surface area contributed by atoms with Crippen LogP contribution >= 0.6 is 0 Å². The summed E-state index contributed by atoms with van der Waals surface area (Å²) in [6.45, 7) is 4.86. The summed E-state index contributed by atoms with van der Waals surface area (Å²) in [7, 11) is 0. The topological polar surface area (TPSA) is 92.7 Å². The van der Waals surface area contributed by atoms with Crippen LogP contribution < -0.4 is 5.32 Å². The molecule has 0 spiro atoms. The van der Waals surface area contributed by atoms with Gasteiger partial charge < -0.3 is 15.2 Å². The molecule has 6 heteroatoms. The lowest BCUT2D eigenvalue weighted by atomic mass is 10.3. The normalized spacial score (nSPS) is 11.8. The zero-order valence-corrected chi connectivity index (χ0v) is 8.80. The molecular weight excluding hydrogens is 214 g/mol. The lowest BCUT2D eigenvalue weighted by molar-refractivity contribution is -0.139. The fraction of sp³-hybridized carbons (Fsp3) is 0.300. The Morgan fingerprint density at radius 1 is 1.44 bits per heavy atom. The Bertz CT molecular complexity index is 321. The van der Waals surface area contributed by atoms with Gasteiger partial charge in [-0.1, -0.05) is 6.58 Å². The van der Waals surface area contributed by atoms with Crippen molar-refractivity contribution in [1.82, 2.24) is 5.32 Å². The van der Waals surface area contributed by atoms with Crippen LogP contribution in [-0.4, -0.2) is 35.6 Å². The second-order valence-electron chi connectivity index (χ2n) is 2.92. The SMILES string of the molecule is C=CC(=O)NC(C)COC(=O)/C=C\C(=O)O. The van der Waals surface area contributed by atoms with Gasteiger partial charge in [-0.2, -0.15) is 0 Å². The largest absolute Gasteiger partial charge is 0.478 e. The molecule has 0 aromatic rings. The first-order valence-corrected chi connectivity index (χ1v) is 4.46. The first kappa shape index (κ1) is 13.9. The van der Waals surface area contributed by atoms with Crippen molar-refractivity contribution >= 4 is 17.8 Å². The molecule has 1 atom stereocenters. The minimum absolute atomic E-state index is 0.0393. The van der Waals surface area contributed by atoms with Crippen molar-refractivity contribution in [3.63, 3.8) is 0 Å². The van der Waals surface area contributed by atoms with E-state index in [1.165, 1.54) is 0 Å². The maximum atomic E-state index is 10.9. The zero-order valence-electron chi connectivity index (χ0n) is 8.80. The van der Waals surface area contributed by atoms with Gasteiger partial charge in [-0.3, -0.25) is 4.79 Å². The lowest BCUT2D eigenvalue weighted by Gasteiger charge is -2.11. The molecule has 0 aromatic heterocycles. The number of nitrogens with one attached hydrogen (secondary N) is 1. The summed E-state index contributed by atoms with van der Waals surface area (Å²) in [4.78, 5) is 31.8. The summed E-state index contributed by atoms with van der Waals surface area (Å²) in [6.07, 6.45) is 2.57. The van der Waals surface area contributed by atoms with Crippen molar-refractivity contribution < 1.29 is 24.2 Å². The van der Waals surface area contributed by atoms with Gasteiger partial charge in [-0.25, -0.2) is 9.59 Å². The van der Waals surface area contributed by atoms with Crippen molar-refractivity contribution in [3.8, 4) is 0 Å². The second kappa shape index (κ2) is 7.22. The molecule has 0 heterocycles. The molecular formula is C10H13NO5. The molecule has 0 saturated carbocycles. The average molecular weight is 227 g/mol. The maximum absolute atomic E-state index is 10.9. The highest BCUT2D eigenvalue weighted by atomic mass is 16.5.